The van der Waals surface area contributed by atoms with Crippen molar-refractivity contribution in [3.63, 3.8) is 0 Å². The number of hydrogen-bond donors (Lipinski definition) is 3. The van der Waals surface area contributed by atoms with Crippen molar-refractivity contribution in [2.45, 2.75) is 18.6 Å². The summed E-state index contributed by atoms with van der Waals surface area (Å²) in [6.07, 6.45) is 1.28. The molecule has 1 fully saturated rings. The van der Waals surface area contributed by atoms with Gasteiger partial charge in [-0.2, -0.15) is 5.26 Å². The van der Waals surface area contributed by atoms with Gasteiger partial charge in [-0.3, -0.25) is 14.5 Å². The van der Waals surface area contributed by atoms with Gasteiger partial charge in [0, 0.05) is 36.3 Å². The number of carbonyl (C=O) groups excluding carboxylic acids is 2. The van der Waals surface area contributed by atoms with Gasteiger partial charge in [-0.15, -0.1) is 5.10 Å². The summed E-state index contributed by atoms with van der Waals surface area (Å²) in [4.78, 5) is 31.5. The number of carbonyl (C=O) groups is 2. The molecule has 2 atom stereocenters. The second kappa shape index (κ2) is 8.77. The molecule has 13 heteroatoms. The van der Waals surface area contributed by atoms with Crippen LogP contribution in [0, 0.1) is 11.3 Å². The van der Waals surface area contributed by atoms with Crippen LogP contribution >= 0.6 is 0 Å². The Hall–Kier alpha value is -4.80. The minimum atomic E-state index is -1.86. The summed E-state index contributed by atoms with van der Waals surface area (Å²) in [7, 11) is 0. The first kappa shape index (κ1) is 23.0. The van der Waals surface area contributed by atoms with Crippen LogP contribution in [0.1, 0.15) is 12.6 Å². The highest BCUT2D eigenvalue weighted by Crippen LogP contribution is 2.29. The van der Waals surface area contributed by atoms with Gasteiger partial charge >= 0.3 is 0 Å². The van der Waals surface area contributed by atoms with Gasteiger partial charge in [0.2, 0.25) is 0 Å². The number of nitrogens with one attached hydrogen (secondary N) is 1. The van der Waals surface area contributed by atoms with Crippen LogP contribution in [0.25, 0.3) is 16.7 Å². The Labute approximate surface area is 203 Å². The van der Waals surface area contributed by atoms with Crippen molar-refractivity contribution < 1.29 is 24.0 Å². The number of aromatic nitrogens is 4. The zero-order valence-corrected chi connectivity index (χ0v) is 19.0. The van der Waals surface area contributed by atoms with Crippen LogP contribution in [0.15, 0.2) is 53.3 Å². The summed E-state index contributed by atoms with van der Waals surface area (Å²) < 4.78 is 12.2. The number of pyridine rings is 1. The first-order chi connectivity index (χ1) is 17.3. The number of amides is 2. The van der Waals surface area contributed by atoms with E-state index in [1.165, 1.54) is 28.8 Å². The second-order valence-corrected chi connectivity index (χ2v) is 8.21. The highest BCUT2D eigenvalue weighted by atomic mass is 16.5. The van der Waals surface area contributed by atoms with Crippen molar-refractivity contribution in [1.29, 1.82) is 5.26 Å². The summed E-state index contributed by atoms with van der Waals surface area (Å²) in [5, 5.41) is 31.1. The number of rotatable bonds is 5. The summed E-state index contributed by atoms with van der Waals surface area (Å²) >= 11 is 0. The second-order valence-electron chi connectivity index (χ2n) is 8.21. The molecular weight excluding hydrogens is 468 g/mol. The fourth-order valence-electron chi connectivity index (χ4n) is 3.92. The molecule has 0 aliphatic carbocycles. The monoisotopic (exact) mass is 488 g/mol. The van der Waals surface area contributed by atoms with Crippen molar-refractivity contribution in [1.82, 2.24) is 19.9 Å². The molecule has 0 spiro atoms. The predicted molar refractivity (Wildman–Crippen MR) is 126 cm³/mol. The maximum absolute atomic E-state index is 13.4. The number of aliphatic hydroxyl groups is 1. The number of benzene rings is 1. The first-order valence-electron chi connectivity index (χ1n) is 10.8. The largest absolute Gasteiger partial charge is 0.380 e. The van der Waals surface area contributed by atoms with Crippen molar-refractivity contribution >= 4 is 40.1 Å². The van der Waals surface area contributed by atoms with E-state index in [0.717, 1.165) is 0 Å². The maximum atomic E-state index is 13.4. The van der Waals surface area contributed by atoms with E-state index in [1.807, 2.05) is 6.07 Å². The average Bonchev–Trinajstić information content (AvgIpc) is 3.52. The molecule has 0 radical (unpaired) electrons. The van der Waals surface area contributed by atoms with Crippen molar-refractivity contribution in [3.05, 3.63) is 54.5 Å². The van der Waals surface area contributed by atoms with Gasteiger partial charge in [0.25, 0.3) is 11.8 Å². The number of fused-ring (bicyclic) bond motifs is 1. The van der Waals surface area contributed by atoms with E-state index in [0.29, 0.717) is 28.2 Å². The fourth-order valence-corrected chi connectivity index (χ4v) is 3.92. The van der Waals surface area contributed by atoms with Crippen LogP contribution in [0.4, 0.5) is 17.3 Å². The molecular formula is C23H20N8O5. The third-order valence-electron chi connectivity index (χ3n) is 5.90. The lowest BCUT2D eigenvalue weighted by atomic mass is 9.94. The van der Waals surface area contributed by atoms with Crippen molar-refractivity contribution in [3.8, 4) is 11.8 Å². The van der Waals surface area contributed by atoms with E-state index in [4.69, 9.17) is 20.3 Å². The number of morpholine rings is 1. The Bertz CT molecular complexity index is 1520. The maximum Gasteiger partial charge on any atom is 0.263 e. The number of nitriles is 1. The van der Waals surface area contributed by atoms with Gasteiger partial charge in [0.1, 0.15) is 11.8 Å². The number of ether oxygens (including phenoxy) is 1. The molecule has 0 saturated carbocycles. The van der Waals surface area contributed by atoms with Crippen LogP contribution in [0.2, 0.25) is 0 Å². The van der Waals surface area contributed by atoms with E-state index in [1.54, 1.807) is 36.5 Å². The Morgan fingerprint density at radius 1 is 1.33 bits per heavy atom. The lowest BCUT2D eigenvalue weighted by Crippen LogP contribution is -2.63. The molecule has 4 heterocycles. The number of nitrogens with zero attached hydrogens (tertiary/aromatic N) is 6. The van der Waals surface area contributed by atoms with Crippen LogP contribution in [-0.4, -0.2) is 61.7 Å². The lowest BCUT2D eigenvalue weighted by molar-refractivity contribution is -0.170. The predicted octanol–water partition coefficient (Wildman–Crippen LogP) is 0.984. The van der Waals surface area contributed by atoms with E-state index >= 15 is 0 Å². The smallest absolute Gasteiger partial charge is 0.263 e. The zero-order chi connectivity index (χ0) is 25.4. The highest BCUT2D eigenvalue weighted by molar-refractivity contribution is 6.06. The summed E-state index contributed by atoms with van der Waals surface area (Å²) in [6.45, 7) is 1.59. The average molecular weight is 488 g/mol. The Balaban J connectivity index is 1.34. The molecule has 3 aromatic heterocycles. The highest BCUT2D eigenvalue weighted by Gasteiger charge is 2.51. The molecule has 1 aromatic carbocycles. The molecule has 182 valence electrons. The number of nitrogens with two attached hydrogens (primary N) is 1. The molecule has 1 aliphatic heterocycles. The summed E-state index contributed by atoms with van der Waals surface area (Å²) in [6, 6.07) is 11.5. The normalized spacial score (nSPS) is 18.7. The fraction of sp³-hybridized carbons (Fsp3) is 0.217. The standard InChI is InChI=1S/C23H20N8O5/c1-23(19(32)21(33)27-13-2-3-16-17(11-13)36-29-20(16)25)22(34)30(8-9-35-23)18-5-7-31(28-18)15-4-6-26-14(10-15)12-24/h2-7,10-11,19,32H,8-9H2,1H3,(H2,25,29)(H,27,33)/t19-,23-/m0/s1. The van der Waals surface area contributed by atoms with Gasteiger partial charge < -0.3 is 25.4 Å². The number of anilines is 3. The van der Waals surface area contributed by atoms with Gasteiger partial charge in [-0.25, -0.2) is 9.67 Å². The molecule has 2 amide bonds. The minimum Gasteiger partial charge on any atom is -0.380 e. The molecule has 0 unspecified atom stereocenters. The third-order valence-corrected chi connectivity index (χ3v) is 5.90. The zero-order valence-electron chi connectivity index (χ0n) is 19.0. The van der Waals surface area contributed by atoms with Crippen LogP contribution < -0.4 is 16.0 Å². The molecule has 4 aromatic rings. The quantitative estimate of drug-likeness (QED) is 0.366. The number of aliphatic hydroxyl groups excluding tert-OH is 1. The minimum absolute atomic E-state index is 0.0660. The first-order valence-corrected chi connectivity index (χ1v) is 10.8. The van der Waals surface area contributed by atoms with Crippen LogP contribution in [0.3, 0.4) is 0 Å². The van der Waals surface area contributed by atoms with Crippen LogP contribution in [-0.2, 0) is 14.3 Å². The van der Waals surface area contributed by atoms with E-state index in [9.17, 15) is 14.7 Å². The Morgan fingerprint density at radius 3 is 2.97 bits per heavy atom. The molecule has 13 nitrogen and oxygen atoms in total. The van der Waals surface area contributed by atoms with Gasteiger partial charge in [-0.1, -0.05) is 5.16 Å². The summed E-state index contributed by atoms with van der Waals surface area (Å²) in [5.41, 5.74) is 5.32. The van der Waals surface area contributed by atoms with Gasteiger partial charge in [0.05, 0.1) is 24.2 Å². The Morgan fingerprint density at radius 2 is 2.17 bits per heavy atom. The van der Waals surface area contributed by atoms with E-state index in [2.05, 4.69) is 20.6 Å². The Kier molecular flexibility index (Phi) is 5.59. The number of nitrogen functional groups attached to an aromatic ring is 1. The lowest BCUT2D eigenvalue weighted by Gasteiger charge is -2.40. The van der Waals surface area contributed by atoms with Crippen LogP contribution in [0.5, 0.6) is 0 Å². The molecule has 1 saturated heterocycles. The van der Waals surface area contributed by atoms with E-state index in [-0.39, 0.29) is 24.7 Å². The number of hydrogen-bond acceptors (Lipinski definition) is 10. The molecule has 36 heavy (non-hydrogen) atoms. The summed E-state index contributed by atoms with van der Waals surface area (Å²) in [5.74, 6) is -0.960. The van der Waals surface area contributed by atoms with Gasteiger partial charge in [-0.05, 0) is 25.1 Å². The molecule has 1 aliphatic rings. The van der Waals surface area contributed by atoms with Crippen molar-refractivity contribution in [2.75, 3.05) is 29.1 Å². The van der Waals surface area contributed by atoms with E-state index < -0.39 is 23.5 Å². The molecule has 5 rings (SSSR count). The molecule has 0 bridgehead atoms. The third kappa shape index (κ3) is 3.90. The topological polar surface area (TPSA) is 185 Å². The van der Waals surface area contributed by atoms with Gasteiger partial charge in [0.15, 0.2) is 28.9 Å². The molecule has 4 N–H and O–H groups in total. The SMILES string of the molecule is C[C@@]1([C@@H](O)C(=O)Nc2ccc3c(N)noc3c2)OCCN(c2ccn(-c3ccnc(C#N)c3)n2)C1=O. The van der Waals surface area contributed by atoms with Crippen molar-refractivity contribution in [2.24, 2.45) is 0 Å².